The van der Waals surface area contributed by atoms with Gasteiger partial charge >= 0.3 is 0 Å². The highest BCUT2D eigenvalue weighted by atomic mass is 35.5. The van der Waals surface area contributed by atoms with Crippen molar-refractivity contribution >= 4 is 31.0 Å². The predicted octanol–water partition coefficient (Wildman–Crippen LogP) is 2.06. The standard InChI is InChI=1S/C6H4BCl2N/c7-2-4-3-10-6(9)1-5(4)8/h1,3H,2H2. The van der Waals surface area contributed by atoms with Crippen molar-refractivity contribution in [1.29, 1.82) is 0 Å². The van der Waals surface area contributed by atoms with E-state index in [-0.39, 0.29) is 0 Å². The second-order valence-corrected chi connectivity index (χ2v) is 2.60. The monoisotopic (exact) mass is 171 g/mol. The molecule has 50 valence electrons. The highest BCUT2D eigenvalue weighted by Crippen LogP contribution is 2.17. The maximum atomic E-state index is 5.73. The van der Waals surface area contributed by atoms with E-state index in [4.69, 9.17) is 31.0 Å². The molecule has 0 spiro atoms. The molecule has 0 saturated carbocycles. The Bertz CT molecular complexity index is 239. The summed E-state index contributed by atoms with van der Waals surface area (Å²) in [5, 5.41) is 0.963. The zero-order valence-corrected chi connectivity index (χ0v) is 6.65. The summed E-state index contributed by atoms with van der Waals surface area (Å²) in [4.78, 5) is 3.81. The molecule has 0 aliphatic rings. The van der Waals surface area contributed by atoms with Gasteiger partial charge in [-0.25, -0.2) is 4.98 Å². The van der Waals surface area contributed by atoms with Crippen molar-refractivity contribution in [2.75, 3.05) is 0 Å². The van der Waals surface area contributed by atoms with Crippen LogP contribution in [0.2, 0.25) is 10.2 Å². The average Bonchev–Trinajstić information content (AvgIpc) is 1.88. The van der Waals surface area contributed by atoms with Gasteiger partial charge in [0.1, 0.15) is 5.15 Å². The van der Waals surface area contributed by atoms with E-state index < -0.39 is 0 Å². The topological polar surface area (TPSA) is 12.9 Å². The second kappa shape index (κ2) is 3.26. The fraction of sp³-hybridized carbons (Fsp3) is 0.167. The zero-order valence-electron chi connectivity index (χ0n) is 5.14. The summed E-state index contributed by atoms with van der Waals surface area (Å²) in [6, 6.07) is 1.57. The lowest BCUT2D eigenvalue weighted by Crippen LogP contribution is -1.86. The Kier molecular flexibility index (Phi) is 2.58. The Morgan fingerprint density at radius 1 is 1.50 bits per heavy atom. The minimum absolute atomic E-state index is 0.391. The van der Waals surface area contributed by atoms with Crippen molar-refractivity contribution in [3.05, 3.63) is 28.0 Å². The van der Waals surface area contributed by atoms with Gasteiger partial charge in [-0.1, -0.05) is 29.5 Å². The summed E-state index contributed by atoms with van der Waals surface area (Å²) in [6.45, 7) is 0. The molecule has 4 heteroatoms. The molecule has 0 aliphatic heterocycles. The first-order valence-electron chi connectivity index (χ1n) is 2.74. The Labute approximate surface area is 70.8 Å². The maximum absolute atomic E-state index is 5.73. The molecule has 2 radical (unpaired) electrons. The summed E-state index contributed by atoms with van der Waals surface area (Å²) < 4.78 is 0. The number of pyridine rings is 1. The molecule has 1 aromatic heterocycles. The molecule has 1 nitrogen and oxygen atoms in total. The van der Waals surface area contributed by atoms with Gasteiger partial charge in [-0.3, -0.25) is 0 Å². The van der Waals surface area contributed by atoms with Crippen LogP contribution in [0.5, 0.6) is 0 Å². The van der Waals surface area contributed by atoms with Crippen molar-refractivity contribution in [1.82, 2.24) is 4.98 Å². The molecule has 0 aromatic carbocycles. The lowest BCUT2D eigenvalue weighted by molar-refractivity contribution is 1.25. The van der Waals surface area contributed by atoms with Gasteiger partial charge in [0.05, 0.1) is 7.85 Å². The molecular formula is C6H4BCl2N. The molecule has 10 heavy (non-hydrogen) atoms. The van der Waals surface area contributed by atoms with Gasteiger partial charge in [0, 0.05) is 11.2 Å². The molecule has 1 aromatic rings. The molecule has 0 bridgehead atoms. The minimum atomic E-state index is 0.391. The largest absolute Gasteiger partial charge is 0.244 e. The quantitative estimate of drug-likeness (QED) is 0.466. The van der Waals surface area contributed by atoms with Crippen LogP contribution in [0, 0.1) is 0 Å². The van der Waals surface area contributed by atoms with E-state index in [1.54, 1.807) is 12.3 Å². The van der Waals surface area contributed by atoms with E-state index in [1.165, 1.54) is 0 Å². The Hall–Kier alpha value is -0.205. The molecule has 0 aliphatic carbocycles. The smallest absolute Gasteiger partial charge is 0.130 e. The van der Waals surface area contributed by atoms with Gasteiger partial charge in [0.15, 0.2) is 0 Å². The normalized spacial score (nSPS) is 9.80. The van der Waals surface area contributed by atoms with Crippen molar-refractivity contribution < 1.29 is 0 Å². The summed E-state index contributed by atoms with van der Waals surface area (Å²) in [5.41, 5.74) is 0.811. The molecular weight excluding hydrogens is 168 g/mol. The molecule has 1 rings (SSSR count). The highest BCUT2D eigenvalue weighted by Gasteiger charge is 1.97. The maximum Gasteiger partial charge on any atom is 0.130 e. The number of hydrogen-bond acceptors (Lipinski definition) is 1. The molecule has 0 amide bonds. The summed E-state index contributed by atoms with van der Waals surface area (Å²) in [5.74, 6) is 0. The molecule has 1 heterocycles. The number of halogens is 2. The molecule has 0 atom stereocenters. The van der Waals surface area contributed by atoms with Gasteiger partial charge in [0.25, 0.3) is 0 Å². The van der Waals surface area contributed by atoms with Crippen molar-refractivity contribution in [3.8, 4) is 0 Å². The van der Waals surface area contributed by atoms with Crippen molar-refractivity contribution in [3.63, 3.8) is 0 Å². The molecule has 0 fully saturated rings. The van der Waals surface area contributed by atoms with E-state index in [1.807, 2.05) is 0 Å². The number of hydrogen-bond donors (Lipinski definition) is 0. The van der Waals surface area contributed by atoms with E-state index in [0.29, 0.717) is 16.5 Å². The number of rotatable bonds is 1. The van der Waals surface area contributed by atoms with Crippen molar-refractivity contribution in [2.24, 2.45) is 0 Å². The third-order valence-electron chi connectivity index (χ3n) is 1.12. The first-order valence-corrected chi connectivity index (χ1v) is 3.49. The summed E-state index contributed by atoms with van der Waals surface area (Å²) in [6.07, 6.45) is 1.97. The van der Waals surface area contributed by atoms with Crippen LogP contribution in [0.15, 0.2) is 12.3 Å². The SMILES string of the molecule is [B]Cc1cnc(Cl)cc1Cl. The average molecular weight is 172 g/mol. The van der Waals surface area contributed by atoms with Gasteiger partial charge in [-0.2, -0.15) is 0 Å². The van der Waals surface area contributed by atoms with Crippen LogP contribution in [0.1, 0.15) is 5.56 Å². The van der Waals surface area contributed by atoms with Gasteiger partial charge < -0.3 is 0 Å². The first kappa shape index (κ1) is 7.90. The molecule has 0 saturated heterocycles. The fourth-order valence-electron chi connectivity index (χ4n) is 0.586. The lowest BCUT2D eigenvalue weighted by atomic mass is 9.99. The van der Waals surface area contributed by atoms with Gasteiger partial charge in [-0.05, 0) is 11.6 Å². The summed E-state index contributed by atoms with van der Waals surface area (Å²) >= 11 is 11.3. The van der Waals surface area contributed by atoms with E-state index >= 15 is 0 Å². The van der Waals surface area contributed by atoms with Crippen LogP contribution >= 0.6 is 23.2 Å². The molecule has 0 N–H and O–H groups in total. The third-order valence-corrected chi connectivity index (χ3v) is 1.67. The van der Waals surface area contributed by atoms with Crippen LogP contribution in [0.3, 0.4) is 0 Å². The Morgan fingerprint density at radius 2 is 2.20 bits per heavy atom. The summed E-state index contributed by atoms with van der Waals surface area (Å²) in [7, 11) is 5.33. The van der Waals surface area contributed by atoms with E-state index in [2.05, 4.69) is 4.98 Å². The zero-order chi connectivity index (χ0) is 7.56. The predicted molar refractivity (Wildman–Crippen MR) is 43.7 cm³/mol. The van der Waals surface area contributed by atoms with E-state index in [0.717, 1.165) is 5.56 Å². The first-order chi connectivity index (χ1) is 4.74. The molecule has 0 unspecified atom stereocenters. The van der Waals surface area contributed by atoms with Gasteiger partial charge in [-0.15, -0.1) is 0 Å². The van der Waals surface area contributed by atoms with Gasteiger partial charge in [0.2, 0.25) is 0 Å². The highest BCUT2D eigenvalue weighted by molar-refractivity contribution is 6.34. The lowest BCUT2D eigenvalue weighted by Gasteiger charge is -1.98. The fourth-order valence-corrected chi connectivity index (χ4v) is 1.03. The van der Waals surface area contributed by atoms with Crippen LogP contribution in [0.4, 0.5) is 0 Å². The number of aromatic nitrogens is 1. The Balaban J connectivity index is 3.07. The Morgan fingerprint density at radius 3 is 2.70 bits per heavy atom. The third kappa shape index (κ3) is 1.64. The second-order valence-electron chi connectivity index (χ2n) is 1.80. The van der Waals surface area contributed by atoms with Crippen LogP contribution in [-0.4, -0.2) is 12.8 Å². The van der Waals surface area contributed by atoms with E-state index in [9.17, 15) is 0 Å². The van der Waals surface area contributed by atoms with Crippen LogP contribution in [0.25, 0.3) is 0 Å². The minimum Gasteiger partial charge on any atom is -0.244 e. The number of nitrogens with zero attached hydrogens (tertiary/aromatic N) is 1. The van der Waals surface area contributed by atoms with Crippen molar-refractivity contribution in [2.45, 2.75) is 6.32 Å². The van der Waals surface area contributed by atoms with Crippen LogP contribution in [-0.2, 0) is 6.32 Å². The van der Waals surface area contributed by atoms with Crippen LogP contribution < -0.4 is 0 Å².